The average molecular weight is 266 g/mol. The molecule has 0 aliphatic carbocycles. The van der Waals surface area contributed by atoms with Crippen LogP contribution in [0.3, 0.4) is 0 Å². The van der Waals surface area contributed by atoms with Gasteiger partial charge in [-0.3, -0.25) is 0 Å². The minimum absolute atomic E-state index is 0.186. The highest BCUT2D eigenvalue weighted by molar-refractivity contribution is 6.04. The Bertz CT molecular complexity index is 659. The summed E-state index contributed by atoms with van der Waals surface area (Å²) in [6.07, 6.45) is 0.792. The number of hydrazone groups is 1. The molecule has 2 aromatic carbocycles. The van der Waals surface area contributed by atoms with Gasteiger partial charge >= 0.3 is 0 Å². The molecule has 1 heterocycles. The van der Waals surface area contributed by atoms with Gasteiger partial charge in [-0.15, -0.1) is 0 Å². The van der Waals surface area contributed by atoms with Crippen molar-refractivity contribution in [2.45, 2.75) is 26.3 Å². The standard InChI is InChI=1S/C17H18N2O/c1-11-3-6-13(7-4-11)15-10-16(19-18-15)14-9-12(2)5-8-17(14)20/h3-9,15,18,20H,10H2,1-2H3/t15-/m1/s1. The van der Waals surface area contributed by atoms with E-state index < -0.39 is 0 Å². The van der Waals surface area contributed by atoms with Gasteiger partial charge in [0.15, 0.2) is 0 Å². The number of aromatic hydroxyl groups is 1. The number of aryl methyl sites for hydroxylation is 2. The first-order chi connectivity index (χ1) is 9.63. The third kappa shape index (κ3) is 2.39. The summed E-state index contributed by atoms with van der Waals surface area (Å²) in [4.78, 5) is 0. The van der Waals surface area contributed by atoms with Gasteiger partial charge in [0.2, 0.25) is 0 Å². The molecule has 1 aliphatic rings. The Morgan fingerprint density at radius 1 is 1.05 bits per heavy atom. The number of rotatable bonds is 2. The van der Waals surface area contributed by atoms with Gasteiger partial charge in [-0.05, 0) is 31.5 Å². The molecule has 2 N–H and O–H groups in total. The Kier molecular flexibility index (Phi) is 3.18. The lowest BCUT2D eigenvalue weighted by Crippen LogP contribution is -2.09. The quantitative estimate of drug-likeness (QED) is 0.874. The molecule has 1 atom stereocenters. The van der Waals surface area contributed by atoms with E-state index in [0.717, 1.165) is 23.3 Å². The third-order valence-corrected chi connectivity index (χ3v) is 3.70. The molecule has 0 fully saturated rings. The normalized spacial score (nSPS) is 17.7. The molecule has 2 aromatic rings. The van der Waals surface area contributed by atoms with Gasteiger partial charge in [0.25, 0.3) is 0 Å². The first-order valence-corrected chi connectivity index (χ1v) is 6.82. The summed E-state index contributed by atoms with van der Waals surface area (Å²) < 4.78 is 0. The molecule has 0 aromatic heterocycles. The monoisotopic (exact) mass is 266 g/mol. The maximum atomic E-state index is 9.98. The second kappa shape index (κ2) is 5.00. The Morgan fingerprint density at radius 3 is 2.50 bits per heavy atom. The van der Waals surface area contributed by atoms with Crippen LogP contribution in [0.5, 0.6) is 5.75 Å². The molecule has 3 rings (SSSR count). The molecule has 0 spiro atoms. The number of hydrogen-bond donors (Lipinski definition) is 2. The number of phenols is 1. The predicted octanol–water partition coefficient (Wildman–Crippen LogP) is 3.45. The van der Waals surface area contributed by atoms with Gasteiger partial charge in [0.1, 0.15) is 5.75 Å². The van der Waals surface area contributed by atoms with Crippen LogP contribution >= 0.6 is 0 Å². The highest BCUT2D eigenvalue weighted by atomic mass is 16.3. The van der Waals surface area contributed by atoms with Crippen LogP contribution < -0.4 is 5.43 Å². The van der Waals surface area contributed by atoms with Crippen molar-refractivity contribution >= 4 is 5.71 Å². The molecule has 0 radical (unpaired) electrons. The molecule has 3 nitrogen and oxygen atoms in total. The zero-order valence-electron chi connectivity index (χ0n) is 11.7. The number of nitrogens with zero attached hydrogens (tertiary/aromatic N) is 1. The average Bonchev–Trinajstić information content (AvgIpc) is 2.92. The molecule has 0 amide bonds. The van der Waals surface area contributed by atoms with Crippen molar-refractivity contribution in [2.24, 2.45) is 5.10 Å². The highest BCUT2D eigenvalue weighted by Crippen LogP contribution is 2.28. The summed E-state index contributed by atoms with van der Waals surface area (Å²) in [5.74, 6) is 0.292. The summed E-state index contributed by atoms with van der Waals surface area (Å²) in [7, 11) is 0. The first-order valence-electron chi connectivity index (χ1n) is 6.82. The van der Waals surface area contributed by atoms with E-state index >= 15 is 0 Å². The van der Waals surface area contributed by atoms with Crippen LogP contribution in [0.25, 0.3) is 0 Å². The predicted molar refractivity (Wildman–Crippen MR) is 81.1 cm³/mol. The molecule has 0 saturated heterocycles. The van der Waals surface area contributed by atoms with E-state index in [4.69, 9.17) is 0 Å². The van der Waals surface area contributed by atoms with Gasteiger partial charge in [-0.25, -0.2) is 0 Å². The smallest absolute Gasteiger partial charge is 0.124 e. The Balaban J connectivity index is 1.82. The van der Waals surface area contributed by atoms with E-state index in [1.165, 1.54) is 11.1 Å². The lowest BCUT2D eigenvalue weighted by Gasteiger charge is -2.10. The Morgan fingerprint density at radius 2 is 1.75 bits per heavy atom. The van der Waals surface area contributed by atoms with E-state index in [0.29, 0.717) is 5.75 Å². The van der Waals surface area contributed by atoms with E-state index in [1.54, 1.807) is 6.07 Å². The van der Waals surface area contributed by atoms with Crippen LogP contribution in [0, 0.1) is 13.8 Å². The second-order valence-electron chi connectivity index (χ2n) is 5.38. The number of nitrogens with one attached hydrogen (secondary N) is 1. The lowest BCUT2D eigenvalue weighted by molar-refractivity contribution is 0.474. The fourth-order valence-corrected chi connectivity index (χ4v) is 2.48. The SMILES string of the molecule is Cc1ccc([C@H]2CC(c3cc(C)ccc3O)=NN2)cc1. The number of hydrogen-bond acceptors (Lipinski definition) is 3. The summed E-state index contributed by atoms with van der Waals surface area (Å²) in [6.45, 7) is 4.10. The summed E-state index contributed by atoms with van der Waals surface area (Å²) >= 11 is 0. The third-order valence-electron chi connectivity index (χ3n) is 3.70. The van der Waals surface area contributed by atoms with E-state index in [-0.39, 0.29) is 6.04 Å². The van der Waals surface area contributed by atoms with Crippen molar-refractivity contribution in [1.82, 2.24) is 5.43 Å². The van der Waals surface area contributed by atoms with E-state index in [1.807, 2.05) is 19.1 Å². The molecule has 0 saturated carbocycles. The van der Waals surface area contributed by atoms with Crippen LogP contribution in [-0.4, -0.2) is 10.8 Å². The van der Waals surface area contributed by atoms with Crippen molar-refractivity contribution in [2.75, 3.05) is 0 Å². The number of phenolic OH excluding ortho intramolecular Hbond substituents is 1. The highest BCUT2D eigenvalue weighted by Gasteiger charge is 2.22. The van der Waals surface area contributed by atoms with Crippen molar-refractivity contribution in [1.29, 1.82) is 0 Å². The van der Waals surface area contributed by atoms with E-state index in [9.17, 15) is 5.11 Å². The largest absolute Gasteiger partial charge is 0.507 e. The molecular formula is C17H18N2O. The summed E-state index contributed by atoms with van der Waals surface area (Å²) in [5, 5.41) is 14.4. The minimum atomic E-state index is 0.186. The maximum Gasteiger partial charge on any atom is 0.124 e. The minimum Gasteiger partial charge on any atom is -0.507 e. The van der Waals surface area contributed by atoms with Crippen LogP contribution in [0.1, 0.15) is 34.7 Å². The number of benzene rings is 2. The summed E-state index contributed by atoms with van der Waals surface area (Å²) in [6, 6.07) is 14.3. The molecular weight excluding hydrogens is 248 g/mol. The maximum absolute atomic E-state index is 9.98. The molecule has 102 valence electrons. The molecule has 0 bridgehead atoms. The van der Waals surface area contributed by atoms with Crippen molar-refractivity contribution < 1.29 is 5.11 Å². The van der Waals surface area contributed by atoms with Gasteiger partial charge in [0.05, 0.1) is 11.8 Å². The van der Waals surface area contributed by atoms with Gasteiger partial charge in [-0.1, -0.05) is 41.5 Å². The molecule has 20 heavy (non-hydrogen) atoms. The van der Waals surface area contributed by atoms with Crippen molar-refractivity contribution in [3.8, 4) is 5.75 Å². The van der Waals surface area contributed by atoms with Crippen LogP contribution in [0.2, 0.25) is 0 Å². The zero-order valence-corrected chi connectivity index (χ0v) is 11.7. The van der Waals surface area contributed by atoms with Gasteiger partial charge < -0.3 is 10.5 Å². The van der Waals surface area contributed by atoms with Crippen molar-refractivity contribution in [3.63, 3.8) is 0 Å². The fourth-order valence-electron chi connectivity index (χ4n) is 2.48. The van der Waals surface area contributed by atoms with Gasteiger partial charge in [0, 0.05) is 12.0 Å². The lowest BCUT2D eigenvalue weighted by atomic mass is 9.97. The zero-order chi connectivity index (χ0) is 14.1. The Hall–Kier alpha value is -2.29. The van der Waals surface area contributed by atoms with Crippen LogP contribution in [0.4, 0.5) is 0 Å². The van der Waals surface area contributed by atoms with E-state index in [2.05, 4.69) is 41.7 Å². The van der Waals surface area contributed by atoms with Gasteiger partial charge in [-0.2, -0.15) is 5.10 Å². The molecule has 0 unspecified atom stereocenters. The molecule has 3 heteroatoms. The summed E-state index contributed by atoms with van der Waals surface area (Å²) in [5.41, 5.74) is 8.51. The van der Waals surface area contributed by atoms with Crippen molar-refractivity contribution in [3.05, 3.63) is 64.7 Å². The topological polar surface area (TPSA) is 44.6 Å². The second-order valence-corrected chi connectivity index (χ2v) is 5.38. The first kappa shape index (κ1) is 12.7. The fraction of sp³-hybridized carbons (Fsp3) is 0.235. The van der Waals surface area contributed by atoms with Crippen LogP contribution in [-0.2, 0) is 0 Å². The molecule has 1 aliphatic heterocycles. The Labute approximate surface area is 119 Å². The van der Waals surface area contributed by atoms with Crippen LogP contribution in [0.15, 0.2) is 47.6 Å².